The van der Waals surface area contributed by atoms with Crippen LogP contribution in [0, 0.1) is 17.0 Å². The highest BCUT2D eigenvalue weighted by molar-refractivity contribution is 7.89. The minimum Gasteiger partial charge on any atom is -0.258 e. The zero-order valence-corrected chi connectivity index (χ0v) is 14.6. The molecule has 24 heavy (non-hydrogen) atoms. The molecule has 10 heteroatoms. The predicted octanol–water partition coefficient (Wildman–Crippen LogP) is 3.52. The second-order valence-electron chi connectivity index (χ2n) is 4.69. The van der Waals surface area contributed by atoms with Gasteiger partial charge in [-0.1, -0.05) is 35.3 Å². The summed E-state index contributed by atoms with van der Waals surface area (Å²) in [5.41, 5.74) is 0.403. The lowest BCUT2D eigenvalue weighted by atomic mass is 10.2. The molecule has 0 unspecified atom stereocenters. The highest BCUT2D eigenvalue weighted by Crippen LogP contribution is 2.23. The summed E-state index contributed by atoms with van der Waals surface area (Å²) in [6, 6.07) is 8.36. The Morgan fingerprint density at radius 3 is 2.42 bits per heavy atom. The summed E-state index contributed by atoms with van der Waals surface area (Å²) in [4.78, 5) is 11.9. The van der Waals surface area contributed by atoms with Crippen LogP contribution in [0.4, 0.5) is 5.69 Å². The molecular weight excluding hydrogens is 377 g/mol. The zero-order valence-electron chi connectivity index (χ0n) is 12.2. The first-order chi connectivity index (χ1) is 11.2. The number of nitro benzene ring substituents is 1. The molecule has 0 fully saturated rings. The smallest absolute Gasteiger partial charge is 0.258 e. The summed E-state index contributed by atoms with van der Waals surface area (Å²) in [5.74, 6) is 0. The molecule has 2 rings (SSSR count). The van der Waals surface area contributed by atoms with Gasteiger partial charge in [-0.2, -0.15) is 13.5 Å². The molecule has 0 radical (unpaired) electrons. The Labute approximate surface area is 148 Å². The average Bonchev–Trinajstić information content (AvgIpc) is 2.50. The van der Waals surface area contributed by atoms with Gasteiger partial charge in [-0.3, -0.25) is 10.1 Å². The Kier molecular flexibility index (Phi) is 5.43. The number of benzene rings is 2. The van der Waals surface area contributed by atoms with Gasteiger partial charge in [0.25, 0.3) is 15.7 Å². The lowest BCUT2D eigenvalue weighted by Gasteiger charge is -2.05. The van der Waals surface area contributed by atoms with Gasteiger partial charge < -0.3 is 0 Å². The van der Waals surface area contributed by atoms with Gasteiger partial charge in [0.15, 0.2) is 0 Å². The first kappa shape index (κ1) is 18.2. The summed E-state index contributed by atoms with van der Waals surface area (Å²) >= 11 is 11.9. The summed E-state index contributed by atoms with van der Waals surface area (Å²) in [5, 5.41) is 15.1. The van der Waals surface area contributed by atoms with Crippen LogP contribution in [0.2, 0.25) is 10.0 Å². The maximum absolute atomic E-state index is 12.2. The van der Waals surface area contributed by atoms with E-state index in [0.717, 1.165) is 12.3 Å². The number of halogens is 2. The van der Waals surface area contributed by atoms with Crippen molar-refractivity contribution < 1.29 is 13.3 Å². The van der Waals surface area contributed by atoms with Crippen LogP contribution in [0.25, 0.3) is 0 Å². The molecule has 0 amide bonds. The van der Waals surface area contributed by atoms with Gasteiger partial charge in [0.2, 0.25) is 0 Å². The van der Waals surface area contributed by atoms with Crippen LogP contribution in [0.3, 0.4) is 0 Å². The lowest BCUT2D eigenvalue weighted by Crippen LogP contribution is -2.18. The van der Waals surface area contributed by atoms with Crippen molar-refractivity contribution in [3.63, 3.8) is 0 Å². The Hall–Kier alpha value is -2.16. The van der Waals surface area contributed by atoms with E-state index in [1.807, 2.05) is 4.83 Å². The molecule has 126 valence electrons. The van der Waals surface area contributed by atoms with Crippen molar-refractivity contribution in [1.29, 1.82) is 0 Å². The average molecular weight is 388 g/mol. The molecule has 0 atom stereocenters. The maximum Gasteiger partial charge on any atom is 0.276 e. The fourth-order valence-electron chi connectivity index (χ4n) is 1.80. The quantitative estimate of drug-likeness (QED) is 0.481. The van der Waals surface area contributed by atoms with E-state index in [0.29, 0.717) is 21.2 Å². The van der Waals surface area contributed by atoms with Gasteiger partial charge in [-0.05, 0) is 25.1 Å². The topological polar surface area (TPSA) is 102 Å². The van der Waals surface area contributed by atoms with Gasteiger partial charge in [-0.25, -0.2) is 4.83 Å². The van der Waals surface area contributed by atoms with Gasteiger partial charge in [-0.15, -0.1) is 0 Å². The van der Waals surface area contributed by atoms with E-state index >= 15 is 0 Å². The van der Waals surface area contributed by atoms with Crippen molar-refractivity contribution in [2.24, 2.45) is 5.10 Å². The van der Waals surface area contributed by atoms with Crippen molar-refractivity contribution in [1.82, 2.24) is 4.83 Å². The Morgan fingerprint density at radius 2 is 1.83 bits per heavy atom. The lowest BCUT2D eigenvalue weighted by molar-refractivity contribution is -0.385. The van der Waals surface area contributed by atoms with E-state index in [9.17, 15) is 18.5 Å². The van der Waals surface area contributed by atoms with Gasteiger partial charge >= 0.3 is 0 Å². The predicted molar refractivity (Wildman–Crippen MR) is 92.2 cm³/mol. The van der Waals surface area contributed by atoms with Crippen LogP contribution in [0.5, 0.6) is 0 Å². The summed E-state index contributed by atoms with van der Waals surface area (Å²) in [6.45, 7) is 1.51. The molecule has 0 bridgehead atoms. The first-order valence-corrected chi connectivity index (χ1v) is 8.70. The summed E-state index contributed by atoms with van der Waals surface area (Å²) in [7, 11) is -4.07. The molecule has 0 saturated heterocycles. The van der Waals surface area contributed by atoms with Crippen molar-refractivity contribution in [3.8, 4) is 0 Å². The van der Waals surface area contributed by atoms with Gasteiger partial charge in [0.1, 0.15) is 0 Å². The van der Waals surface area contributed by atoms with Crippen LogP contribution < -0.4 is 4.83 Å². The number of nitrogens with zero attached hydrogens (tertiary/aromatic N) is 2. The number of hydrogen-bond acceptors (Lipinski definition) is 5. The standard InChI is InChI=1S/C14H11Cl2N3O4S/c1-9-5-6-10(7-14(9)19(20)21)24(22,23)18-17-8-11-12(15)3-2-4-13(11)16/h2-8,18H,1H3. The molecule has 0 aliphatic heterocycles. The van der Waals surface area contributed by atoms with Crippen LogP contribution >= 0.6 is 23.2 Å². The van der Waals surface area contributed by atoms with Crippen LogP contribution in [0.15, 0.2) is 46.4 Å². The monoisotopic (exact) mass is 387 g/mol. The van der Waals surface area contributed by atoms with Crippen molar-refractivity contribution in [2.75, 3.05) is 0 Å². The van der Waals surface area contributed by atoms with E-state index < -0.39 is 14.9 Å². The molecule has 0 aliphatic carbocycles. The molecule has 7 nitrogen and oxygen atoms in total. The normalized spacial score (nSPS) is 11.6. The molecule has 2 aromatic rings. The number of rotatable bonds is 5. The minimum atomic E-state index is -4.07. The fourth-order valence-corrected chi connectivity index (χ4v) is 3.11. The van der Waals surface area contributed by atoms with E-state index in [1.165, 1.54) is 19.1 Å². The molecule has 0 saturated carbocycles. The molecule has 0 aliphatic rings. The van der Waals surface area contributed by atoms with E-state index in [1.54, 1.807) is 18.2 Å². The molecular formula is C14H11Cl2N3O4S. The number of nitrogens with one attached hydrogen (secondary N) is 1. The number of sulfonamides is 1. The Morgan fingerprint density at radius 1 is 1.21 bits per heavy atom. The third-order valence-corrected chi connectivity index (χ3v) is 4.93. The molecule has 0 aromatic heterocycles. The van der Waals surface area contributed by atoms with Crippen molar-refractivity contribution in [3.05, 3.63) is 67.7 Å². The summed E-state index contributed by atoms with van der Waals surface area (Å²) in [6.07, 6.45) is 1.16. The highest BCUT2D eigenvalue weighted by Gasteiger charge is 2.19. The highest BCUT2D eigenvalue weighted by atomic mass is 35.5. The third kappa shape index (κ3) is 4.02. The SMILES string of the molecule is Cc1ccc(S(=O)(=O)NN=Cc2c(Cl)cccc2Cl)cc1[N+](=O)[O-]. The van der Waals surface area contributed by atoms with E-state index in [4.69, 9.17) is 23.2 Å². The largest absolute Gasteiger partial charge is 0.276 e. The molecule has 0 spiro atoms. The number of aryl methyl sites for hydroxylation is 1. The zero-order chi connectivity index (χ0) is 17.9. The first-order valence-electron chi connectivity index (χ1n) is 6.46. The molecule has 0 heterocycles. The Bertz CT molecular complexity index is 909. The minimum absolute atomic E-state index is 0.276. The van der Waals surface area contributed by atoms with Crippen molar-refractivity contribution >= 4 is 45.1 Å². The summed E-state index contributed by atoms with van der Waals surface area (Å²) < 4.78 is 24.3. The van der Waals surface area contributed by atoms with Crippen molar-refractivity contribution in [2.45, 2.75) is 11.8 Å². The number of hydrogen-bond donors (Lipinski definition) is 1. The third-order valence-electron chi connectivity index (χ3n) is 3.05. The maximum atomic E-state index is 12.2. The fraction of sp³-hybridized carbons (Fsp3) is 0.0714. The number of hydrazone groups is 1. The van der Waals surface area contributed by atoms with E-state index in [2.05, 4.69) is 5.10 Å². The van der Waals surface area contributed by atoms with Crippen LogP contribution in [-0.4, -0.2) is 19.6 Å². The van der Waals surface area contributed by atoms with Gasteiger partial charge in [0.05, 0.1) is 26.1 Å². The number of nitro groups is 1. The van der Waals surface area contributed by atoms with Crippen LogP contribution in [0.1, 0.15) is 11.1 Å². The Balaban J connectivity index is 2.28. The second kappa shape index (κ2) is 7.16. The van der Waals surface area contributed by atoms with Gasteiger partial charge in [0, 0.05) is 17.2 Å². The van der Waals surface area contributed by atoms with E-state index in [-0.39, 0.29) is 10.6 Å². The molecule has 2 aromatic carbocycles. The van der Waals surface area contributed by atoms with Crippen LogP contribution in [-0.2, 0) is 10.0 Å². The molecule has 1 N–H and O–H groups in total. The second-order valence-corrected chi connectivity index (χ2v) is 7.17.